The molecule has 2 aromatic rings. The fourth-order valence-corrected chi connectivity index (χ4v) is 2.47. The van der Waals surface area contributed by atoms with E-state index < -0.39 is 6.04 Å². The van der Waals surface area contributed by atoms with Crippen LogP contribution in [0.15, 0.2) is 47.9 Å². The Morgan fingerprint density at radius 1 is 1.18 bits per heavy atom. The van der Waals surface area contributed by atoms with Gasteiger partial charge in [0.05, 0.1) is 6.04 Å². The van der Waals surface area contributed by atoms with Gasteiger partial charge in [0.15, 0.2) is 0 Å². The van der Waals surface area contributed by atoms with Crippen LogP contribution in [0.25, 0.3) is 0 Å². The van der Waals surface area contributed by atoms with E-state index in [1.807, 2.05) is 50.2 Å². The third kappa shape index (κ3) is 2.38. The molecule has 2 N–H and O–H groups in total. The largest absolute Gasteiger partial charge is 0.493 e. The van der Waals surface area contributed by atoms with Gasteiger partial charge < -0.3 is 5.11 Å². The number of nitriles is 1. The van der Waals surface area contributed by atoms with Crippen LogP contribution in [0, 0.1) is 25.2 Å². The quantitative estimate of drug-likeness (QED) is 0.884. The Bertz CT molecular complexity index is 759. The Hall–Kier alpha value is -2.91. The molecule has 0 saturated carbocycles. The Labute approximate surface area is 128 Å². The lowest BCUT2D eigenvalue weighted by Crippen LogP contribution is -2.35. The van der Waals surface area contributed by atoms with Crippen molar-refractivity contribution in [1.82, 2.24) is 15.4 Å². The number of aliphatic hydroxyl groups is 1. The molecule has 0 amide bonds. The first-order valence-electron chi connectivity index (χ1n) is 6.87. The summed E-state index contributed by atoms with van der Waals surface area (Å²) in [6.45, 7) is 3.71. The molecular weight excluding hydrogens is 278 g/mol. The zero-order chi connectivity index (χ0) is 15.7. The van der Waals surface area contributed by atoms with Crippen LogP contribution in [0.1, 0.15) is 23.0 Å². The van der Waals surface area contributed by atoms with Crippen LogP contribution in [-0.2, 0) is 0 Å². The fourth-order valence-electron chi connectivity index (χ4n) is 2.47. The first-order chi connectivity index (χ1) is 10.6. The Morgan fingerprint density at radius 2 is 1.82 bits per heavy atom. The molecule has 0 spiro atoms. The maximum Gasteiger partial charge on any atom is 0.247 e. The number of aromatic nitrogens is 2. The summed E-state index contributed by atoms with van der Waals surface area (Å²) < 4.78 is 0. The van der Waals surface area contributed by atoms with Crippen molar-refractivity contribution in [2.45, 2.75) is 19.9 Å². The number of benzene rings is 1. The van der Waals surface area contributed by atoms with E-state index in [9.17, 15) is 10.4 Å². The van der Waals surface area contributed by atoms with Crippen LogP contribution in [0.3, 0.4) is 0 Å². The van der Waals surface area contributed by atoms with Crippen molar-refractivity contribution in [1.29, 1.82) is 5.26 Å². The molecule has 0 saturated heterocycles. The number of anilines is 1. The summed E-state index contributed by atoms with van der Waals surface area (Å²) >= 11 is 0. The first kappa shape index (κ1) is 14.0. The van der Waals surface area contributed by atoms with Gasteiger partial charge in [-0.15, -0.1) is 0 Å². The molecule has 1 atom stereocenters. The van der Waals surface area contributed by atoms with E-state index in [1.165, 1.54) is 5.01 Å². The normalized spacial score (nSPS) is 17.7. The smallest absolute Gasteiger partial charge is 0.247 e. The molecule has 1 aliphatic heterocycles. The van der Waals surface area contributed by atoms with E-state index in [1.54, 1.807) is 0 Å². The molecule has 6 nitrogen and oxygen atoms in total. The number of hydrogen-bond donors (Lipinski definition) is 2. The van der Waals surface area contributed by atoms with Gasteiger partial charge in [0.25, 0.3) is 0 Å². The summed E-state index contributed by atoms with van der Waals surface area (Å²) in [5.41, 5.74) is 5.80. The topological polar surface area (TPSA) is 85.1 Å². The molecular formula is C16H15N5O. The monoisotopic (exact) mass is 293 g/mol. The number of hydrazine groups is 1. The van der Waals surface area contributed by atoms with Gasteiger partial charge >= 0.3 is 0 Å². The number of rotatable bonds is 2. The molecule has 0 fully saturated rings. The Balaban J connectivity index is 2.03. The van der Waals surface area contributed by atoms with Gasteiger partial charge in [-0.05, 0) is 25.5 Å². The predicted molar refractivity (Wildman–Crippen MR) is 81.6 cm³/mol. The highest BCUT2D eigenvalue weighted by molar-refractivity contribution is 5.51. The Morgan fingerprint density at radius 3 is 2.41 bits per heavy atom. The molecule has 1 aromatic heterocycles. The van der Waals surface area contributed by atoms with Crippen LogP contribution in [0.5, 0.6) is 0 Å². The number of nitrogens with zero attached hydrogens (tertiary/aromatic N) is 4. The van der Waals surface area contributed by atoms with Gasteiger partial charge in [0.1, 0.15) is 11.6 Å². The van der Waals surface area contributed by atoms with Crippen molar-refractivity contribution in [3.63, 3.8) is 0 Å². The third-order valence-corrected chi connectivity index (χ3v) is 3.42. The van der Waals surface area contributed by atoms with E-state index in [4.69, 9.17) is 0 Å². The molecule has 1 aromatic carbocycles. The summed E-state index contributed by atoms with van der Waals surface area (Å²) in [5, 5.41) is 21.1. The van der Waals surface area contributed by atoms with Crippen molar-refractivity contribution >= 4 is 5.95 Å². The van der Waals surface area contributed by atoms with Crippen molar-refractivity contribution in [3.05, 3.63) is 64.8 Å². The fraction of sp³-hybridized carbons (Fsp3) is 0.188. The molecule has 1 aliphatic rings. The van der Waals surface area contributed by atoms with Gasteiger partial charge in [-0.2, -0.15) is 5.26 Å². The van der Waals surface area contributed by atoms with Gasteiger partial charge in [0, 0.05) is 11.4 Å². The molecule has 0 bridgehead atoms. The van der Waals surface area contributed by atoms with E-state index in [-0.39, 0.29) is 11.5 Å². The maximum absolute atomic E-state index is 10.4. The zero-order valence-electron chi connectivity index (χ0n) is 12.3. The summed E-state index contributed by atoms with van der Waals surface area (Å²) in [6, 6.07) is 13.0. The van der Waals surface area contributed by atoms with Crippen molar-refractivity contribution in [3.8, 4) is 6.07 Å². The number of aliphatic hydroxyl groups excluding tert-OH is 1. The average molecular weight is 293 g/mol. The minimum absolute atomic E-state index is 0.165. The van der Waals surface area contributed by atoms with Gasteiger partial charge in [0.2, 0.25) is 11.8 Å². The van der Waals surface area contributed by atoms with Crippen LogP contribution in [0.4, 0.5) is 5.95 Å². The lowest BCUT2D eigenvalue weighted by Gasteiger charge is -2.19. The lowest BCUT2D eigenvalue weighted by atomic mass is 10.0. The van der Waals surface area contributed by atoms with E-state index in [0.29, 0.717) is 5.95 Å². The number of aryl methyl sites for hydroxylation is 2. The molecule has 0 aliphatic carbocycles. The molecule has 3 rings (SSSR count). The Kier molecular flexibility index (Phi) is 3.49. The second kappa shape index (κ2) is 5.47. The van der Waals surface area contributed by atoms with Crippen molar-refractivity contribution in [2.24, 2.45) is 0 Å². The highest BCUT2D eigenvalue weighted by Gasteiger charge is 2.34. The van der Waals surface area contributed by atoms with Crippen LogP contribution in [0.2, 0.25) is 0 Å². The van der Waals surface area contributed by atoms with E-state index >= 15 is 0 Å². The molecule has 0 radical (unpaired) electrons. The second-order valence-electron chi connectivity index (χ2n) is 5.11. The lowest BCUT2D eigenvalue weighted by molar-refractivity contribution is 0.385. The van der Waals surface area contributed by atoms with Gasteiger partial charge in [-0.3, -0.25) is 0 Å². The number of hydrogen-bond acceptors (Lipinski definition) is 6. The highest BCUT2D eigenvalue weighted by atomic mass is 16.3. The van der Waals surface area contributed by atoms with Gasteiger partial charge in [-0.1, -0.05) is 30.3 Å². The van der Waals surface area contributed by atoms with Crippen molar-refractivity contribution in [2.75, 3.05) is 5.01 Å². The minimum atomic E-state index is -0.421. The zero-order valence-corrected chi connectivity index (χ0v) is 12.3. The average Bonchev–Trinajstić information content (AvgIpc) is 2.84. The maximum atomic E-state index is 10.4. The summed E-state index contributed by atoms with van der Waals surface area (Å²) in [7, 11) is 0. The van der Waals surface area contributed by atoms with Gasteiger partial charge in [-0.25, -0.2) is 20.4 Å². The first-order valence-corrected chi connectivity index (χ1v) is 6.87. The van der Waals surface area contributed by atoms with Crippen molar-refractivity contribution < 1.29 is 5.11 Å². The summed E-state index contributed by atoms with van der Waals surface area (Å²) in [6.07, 6.45) is 0. The predicted octanol–water partition coefficient (Wildman–Crippen LogP) is 2.45. The van der Waals surface area contributed by atoms with E-state index in [0.717, 1.165) is 17.0 Å². The molecule has 1 unspecified atom stereocenters. The van der Waals surface area contributed by atoms with Crippen LogP contribution >= 0.6 is 0 Å². The highest BCUT2D eigenvalue weighted by Crippen LogP contribution is 2.32. The number of nitrogens with one attached hydrogen (secondary N) is 1. The third-order valence-electron chi connectivity index (χ3n) is 3.42. The molecule has 22 heavy (non-hydrogen) atoms. The summed E-state index contributed by atoms with van der Waals surface area (Å²) in [5.74, 6) is 0.155. The minimum Gasteiger partial charge on any atom is -0.493 e. The molecule has 2 heterocycles. The molecule has 110 valence electrons. The van der Waals surface area contributed by atoms with Crippen LogP contribution in [-0.4, -0.2) is 15.1 Å². The van der Waals surface area contributed by atoms with E-state index in [2.05, 4.69) is 21.5 Å². The van der Waals surface area contributed by atoms with Crippen LogP contribution < -0.4 is 10.4 Å². The standard InChI is InChI=1S/C16H15N5O/c1-10-8-11(2)19-16(18-10)21-15(22)13(9-17)14(20-21)12-6-4-3-5-7-12/h3-8,14,20,22H,1-2H3. The molecule has 6 heteroatoms. The SMILES string of the molecule is Cc1cc(C)nc(N2NC(c3ccccc3)C(C#N)=C2O)n1. The summed E-state index contributed by atoms with van der Waals surface area (Å²) in [4.78, 5) is 8.62. The second-order valence-corrected chi connectivity index (χ2v) is 5.11.